The third-order valence-corrected chi connectivity index (χ3v) is 14.7. The van der Waals surface area contributed by atoms with Gasteiger partial charge in [-0.1, -0.05) is 306 Å². The van der Waals surface area contributed by atoms with Gasteiger partial charge in [-0.15, -0.1) is 0 Å². The second-order valence-electron chi connectivity index (χ2n) is 22.4. The van der Waals surface area contributed by atoms with Crippen LogP contribution in [0.3, 0.4) is 0 Å². The number of allylic oxidation sites excluding steroid dienone is 12. The van der Waals surface area contributed by atoms with Crippen molar-refractivity contribution in [1.29, 1.82) is 0 Å². The fourth-order valence-corrected chi connectivity index (χ4v) is 9.70. The van der Waals surface area contributed by atoms with Gasteiger partial charge in [0.25, 0.3) is 0 Å². The number of carbonyl (C=O) groups is 3. The quantitative estimate of drug-likeness (QED) is 0.0261. The van der Waals surface area contributed by atoms with Gasteiger partial charge in [0.1, 0.15) is 13.2 Å². The molecule has 0 aromatic heterocycles. The van der Waals surface area contributed by atoms with Crippen LogP contribution < -0.4 is 0 Å². The molecule has 0 N–H and O–H groups in total. The van der Waals surface area contributed by atoms with E-state index in [1.54, 1.807) is 0 Å². The number of carbonyl (C=O) groups excluding carboxylic acids is 3. The van der Waals surface area contributed by atoms with Crippen molar-refractivity contribution in [2.75, 3.05) is 13.2 Å². The summed E-state index contributed by atoms with van der Waals surface area (Å²) in [5.41, 5.74) is 0. The van der Waals surface area contributed by atoms with Crippen LogP contribution in [0, 0.1) is 0 Å². The molecule has 0 saturated carbocycles. The Morgan fingerprint density at radius 2 is 0.506 bits per heavy atom. The summed E-state index contributed by atoms with van der Waals surface area (Å²) in [7, 11) is 0. The highest BCUT2D eigenvalue weighted by molar-refractivity contribution is 5.71. The van der Waals surface area contributed by atoms with Gasteiger partial charge >= 0.3 is 17.9 Å². The molecule has 0 rings (SSSR count). The normalized spacial score (nSPS) is 12.5. The topological polar surface area (TPSA) is 78.9 Å². The first kappa shape index (κ1) is 73.8. The number of ether oxygens (including phenoxy) is 3. The lowest BCUT2D eigenvalue weighted by atomic mass is 10.0. The third kappa shape index (κ3) is 63.6. The van der Waals surface area contributed by atoms with E-state index in [0.29, 0.717) is 19.3 Å². The highest BCUT2D eigenvalue weighted by Crippen LogP contribution is 2.18. The first-order chi connectivity index (χ1) is 38.0. The molecule has 0 aliphatic rings. The maximum absolute atomic E-state index is 12.9. The van der Waals surface area contributed by atoms with Crippen molar-refractivity contribution in [3.63, 3.8) is 0 Å². The minimum atomic E-state index is -0.790. The molecule has 6 heteroatoms. The van der Waals surface area contributed by atoms with E-state index >= 15 is 0 Å². The molecule has 0 bridgehead atoms. The summed E-state index contributed by atoms with van der Waals surface area (Å²) >= 11 is 0. The van der Waals surface area contributed by atoms with E-state index in [0.717, 1.165) is 122 Å². The van der Waals surface area contributed by atoms with Gasteiger partial charge in [-0.3, -0.25) is 14.4 Å². The molecule has 6 nitrogen and oxygen atoms in total. The van der Waals surface area contributed by atoms with Gasteiger partial charge < -0.3 is 14.2 Å². The number of hydrogen-bond donors (Lipinski definition) is 0. The van der Waals surface area contributed by atoms with Crippen molar-refractivity contribution in [2.24, 2.45) is 0 Å². The lowest BCUT2D eigenvalue weighted by Gasteiger charge is -2.18. The molecule has 0 saturated heterocycles. The molecule has 0 heterocycles. The second-order valence-corrected chi connectivity index (χ2v) is 22.4. The summed E-state index contributed by atoms with van der Waals surface area (Å²) in [6.45, 7) is 6.52. The lowest BCUT2D eigenvalue weighted by molar-refractivity contribution is -0.167. The monoisotopic (exact) mass is 1070 g/mol. The van der Waals surface area contributed by atoms with Gasteiger partial charge in [-0.25, -0.2) is 0 Å². The molecule has 1 unspecified atom stereocenters. The lowest BCUT2D eigenvalue weighted by Crippen LogP contribution is -2.30. The highest BCUT2D eigenvalue weighted by atomic mass is 16.6. The standard InChI is InChI=1S/C71H126O6/c1-4-7-10-13-16-19-22-25-28-30-32-33-34-35-36-37-39-40-43-46-49-52-55-58-61-64-70(73)76-67-68(66-75-69(72)63-60-57-54-51-48-45-42-27-24-21-18-15-12-9-6-3)77-71(74)65-62-59-56-53-50-47-44-41-38-31-29-26-23-20-17-14-11-8-5-2/h9,12,17-18,20-21,26-27,29,38,41-42,68H,4-8,10-11,13-16,19,22-25,28,30-37,39-40,43-67H2,1-3H3/b12-9-,20-17-,21-18-,29-26-,41-38-,42-27-. The summed E-state index contributed by atoms with van der Waals surface area (Å²) in [5, 5.41) is 0. The van der Waals surface area contributed by atoms with Crippen LogP contribution in [0.25, 0.3) is 0 Å². The average Bonchev–Trinajstić information content (AvgIpc) is 3.43. The van der Waals surface area contributed by atoms with Gasteiger partial charge in [-0.05, 0) is 89.9 Å². The maximum atomic E-state index is 12.9. The smallest absolute Gasteiger partial charge is 0.306 e. The first-order valence-corrected chi connectivity index (χ1v) is 33.4. The zero-order valence-electron chi connectivity index (χ0n) is 51.2. The van der Waals surface area contributed by atoms with E-state index in [1.165, 1.54) is 180 Å². The Labute approximate surface area is 478 Å². The SMILES string of the molecule is CC/C=C\C/C=C\C/C=C\CCCCCCCC(=O)OCC(COC(=O)CCCCCCCCCCCCCCCCCCCCCCCCCCC)OC(=O)CCCCCCCC/C=C\C/C=C\C/C=C\CCCCC. The van der Waals surface area contributed by atoms with Crippen LogP contribution in [0.1, 0.15) is 342 Å². The van der Waals surface area contributed by atoms with Crippen molar-refractivity contribution in [3.05, 3.63) is 72.9 Å². The van der Waals surface area contributed by atoms with Crippen molar-refractivity contribution >= 4 is 17.9 Å². The molecular formula is C71H126O6. The number of rotatable bonds is 61. The average molecular weight is 1080 g/mol. The molecule has 0 aromatic carbocycles. The largest absolute Gasteiger partial charge is 0.462 e. The molecule has 0 amide bonds. The highest BCUT2D eigenvalue weighted by Gasteiger charge is 2.19. The Bertz CT molecular complexity index is 1420. The molecule has 0 spiro atoms. The third-order valence-electron chi connectivity index (χ3n) is 14.7. The second kappa shape index (κ2) is 65.4. The summed E-state index contributed by atoms with van der Waals surface area (Å²) in [6, 6.07) is 0. The number of unbranched alkanes of at least 4 members (excludes halogenated alkanes) is 38. The minimum absolute atomic E-state index is 0.0837. The van der Waals surface area contributed by atoms with E-state index < -0.39 is 6.10 Å². The molecule has 446 valence electrons. The molecule has 0 fully saturated rings. The number of esters is 3. The van der Waals surface area contributed by atoms with E-state index in [9.17, 15) is 14.4 Å². The Morgan fingerprint density at radius 3 is 0.818 bits per heavy atom. The van der Waals surface area contributed by atoms with Crippen LogP contribution in [-0.4, -0.2) is 37.2 Å². The van der Waals surface area contributed by atoms with Gasteiger partial charge in [0.2, 0.25) is 0 Å². The maximum Gasteiger partial charge on any atom is 0.306 e. The van der Waals surface area contributed by atoms with Crippen molar-refractivity contribution < 1.29 is 28.6 Å². The van der Waals surface area contributed by atoms with Crippen LogP contribution in [0.2, 0.25) is 0 Å². The van der Waals surface area contributed by atoms with Crippen LogP contribution in [0.15, 0.2) is 72.9 Å². The molecule has 0 aliphatic heterocycles. The fraction of sp³-hybridized carbons (Fsp3) is 0.789. The summed E-state index contributed by atoms with van der Waals surface area (Å²) in [5.74, 6) is -0.897. The van der Waals surface area contributed by atoms with Crippen molar-refractivity contribution in [2.45, 2.75) is 348 Å². The minimum Gasteiger partial charge on any atom is -0.462 e. The zero-order valence-corrected chi connectivity index (χ0v) is 51.2. The summed E-state index contributed by atoms with van der Waals surface area (Å²) < 4.78 is 16.9. The molecule has 77 heavy (non-hydrogen) atoms. The first-order valence-electron chi connectivity index (χ1n) is 33.4. The van der Waals surface area contributed by atoms with E-state index in [4.69, 9.17) is 14.2 Å². The molecule has 1 atom stereocenters. The van der Waals surface area contributed by atoms with Crippen LogP contribution >= 0.6 is 0 Å². The van der Waals surface area contributed by atoms with Crippen LogP contribution in [-0.2, 0) is 28.6 Å². The molecule has 0 aromatic rings. The van der Waals surface area contributed by atoms with Crippen molar-refractivity contribution in [1.82, 2.24) is 0 Å². The number of hydrogen-bond acceptors (Lipinski definition) is 6. The van der Waals surface area contributed by atoms with Gasteiger partial charge in [0.15, 0.2) is 6.10 Å². The Kier molecular flexibility index (Phi) is 62.7. The Morgan fingerprint density at radius 1 is 0.273 bits per heavy atom. The van der Waals surface area contributed by atoms with Crippen molar-refractivity contribution in [3.8, 4) is 0 Å². The van der Waals surface area contributed by atoms with Crippen LogP contribution in [0.4, 0.5) is 0 Å². The Balaban J connectivity index is 4.31. The fourth-order valence-electron chi connectivity index (χ4n) is 9.70. The predicted octanol–water partition coefficient (Wildman–Crippen LogP) is 22.9. The van der Waals surface area contributed by atoms with E-state index in [2.05, 4.69) is 93.7 Å². The zero-order chi connectivity index (χ0) is 55.7. The predicted molar refractivity (Wildman–Crippen MR) is 335 cm³/mol. The van der Waals surface area contributed by atoms with Gasteiger partial charge in [0, 0.05) is 19.3 Å². The van der Waals surface area contributed by atoms with Crippen LogP contribution in [0.5, 0.6) is 0 Å². The van der Waals surface area contributed by atoms with E-state index in [-0.39, 0.29) is 31.1 Å². The van der Waals surface area contributed by atoms with Gasteiger partial charge in [-0.2, -0.15) is 0 Å². The molecule has 0 aliphatic carbocycles. The summed E-state index contributed by atoms with van der Waals surface area (Å²) in [6.07, 6.45) is 84.9. The summed E-state index contributed by atoms with van der Waals surface area (Å²) in [4.78, 5) is 38.4. The molecule has 0 radical (unpaired) electrons. The molecular weight excluding hydrogens is 949 g/mol. The van der Waals surface area contributed by atoms with Gasteiger partial charge in [0.05, 0.1) is 0 Å². The van der Waals surface area contributed by atoms with E-state index in [1.807, 2.05) is 0 Å². The Hall–Kier alpha value is -3.15.